The summed E-state index contributed by atoms with van der Waals surface area (Å²) in [7, 11) is 0. The van der Waals surface area contributed by atoms with Crippen LogP contribution in [0.25, 0.3) is 17.4 Å². The maximum absolute atomic E-state index is 12.9. The number of nitro groups is 1. The summed E-state index contributed by atoms with van der Waals surface area (Å²) in [5.41, 5.74) is 0.600. The number of para-hydroxylation sites is 1. The van der Waals surface area contributed by atoms with Gasteiger partial charge in [-0.1, -0.05) is 25.5 Å². The van der Waals surface area contributed by atoms with Crippen LogP contribution in [0.1, 0.15) is 32.4 Å². The summed E-state index contributed by atoms with van der Waals surface area (Å²) >= 11 is 0. The van der Waals surface area contributed by atoms with Crippen LogP contribution in [0, 0.1) is 21.4 Å². The van der Waals surface area contributed by atoms with Crippen molar-refractivity contribution in [3.63, 3.8) is 0 Å². The molecule has 0 unspecified atom stereocenters. The Morgan fingerprint density at radius 2 is 1.93 bits per heavy atom. The molecule has 2 amide bonds. The Bertz CT molecular complexity index is 1130. The number of nitriles is 1. The lowest BCUT2D eigenvalue weighted by atomic mass is 9.94. The van der Waals surface area contributed by atoms with E-state index in [9.17, 15) is 25.0 Å². The predicted octanol–water partition coefficient (Wildman–Crippen LogP) is 4.25. The van der Waals surface area contributed by atoms with Crippen molar-refractivity contribution < 1.29 is 18.9 Å². The van der Waals surface area contributed by atoms with Gasteiger partial charge in [0.05, 0.1) is 10.5 Å². The monoisotopic (exact) mass is 405 g/mol. The molecule has 0 aliphatic carbocycles. The second-order valence-corrected chi connectivity index (χ2v) is 6.76. The zero-order chi connectivity index (χ0) is 21.8. The molecule has 0 fully saturated rings. The number of rotatable bonds is 6. The molecule has 0 saturated heterocycles. The van der Waals surface area contributed by atoms with E-state index in [1.165, 1.54) is 12.1 Å². The van der Waals surface area contributed by atoms with E-state index in [1.54, 1.807) is 37.3 Å². The Morgan fingerprint density at radius 1 is 1.20 bits per heavy atom. The summed E-state index contributed by atoms with van der Waals surface area (Å²) in [6.07, 6.45) is 2.88. The highest BCUT2D eigenvalue weighted by Gasteiger charge is 2.35. The van der Waals surface area contributed by atoms with E-state index in [4.69, 9.17) is 4.42 Å². The van der Waals surface area contributed by atoms with Crippen LogP contribution in [-0.2, 0) is 9.59 Å². The maximum Gasteiger partial charge on any atom is 0.280 e. The van der Waals surface area contributed by atoms with Crippen molar-refractivity contribution in [2.24, 2.45) is 0 Å². The van der Waals surface area contributed by atoms with Gasteiger partial charge in [-0.25, -0.2) is 0 Å². The Labute approximate surface area is 172 Å². The van der Waals surface area contributed by atoms with Crippen LogP contribution in [0.3, 0.4) is 0 Å². The summed E-state index contributed by atoms with van der Waals surface area (Å²) in [5, 5.41) is 20.7. The van der Waals surface area contributed by atoms with E-state index >= 15 is 0 Å². The first-order chi connectivity index (χ1) is 14.4. The maximum atomic E-state index is 12.9. The SMILES string of the molecule is CCCCN1C(=O)C(C#N)=C(C)/C(=C\c2ccc(-c3ccccc3[N+](=O)[O-])o2)C1=O. The third kappa shape index (κ3) is 3.78. The van der Waals surface area contributed by atoms with Gasteiger partial charge in [0.1, 0.15) is 23.2 Å². The van der Waals surface area contributed by atoms with Crippen LogP contribution in [0.4, 0.5) is 5.69 Å². The van der Waals surface area contributed by atoms with E-state index in [2.05, 4.69) is 0 Å². The summed E-state index contributed by atoms with van der Waals surface area (Å²) in [6, 6.07) is 11.2. The Balaban J connectivity index is 2.03. The second kappa shape index (κ2) is 8.57. The molecular weight excluding hydrogens is 386 g/mol. The van der Waals surface area contributed by atoms with Gasteiger partial charge in [-0.2, -0.15) is 5.26 Å². The zero-order valence-corrected chi connectivity index (χ0v) is 16.5. The first-order valence-electron chi connectivity index (χ1n) is 9.41. The molecule has 1 aromatic carbocycles. The lowest BCUT2D eigenvalue weighted by molar-refractivity contribution is -0.384. The first kappa shape index (κ1) is 20.7. The number of nitro benzene ring substituents is 1. The van der Waals surface area contributed by atoms with Crippen molar-refractivity contribution >= 4 is 23.6 Å². The first-order valence-corrected chi connectivity index (χ1v) is 9.41. The molecule has 8 heteroatoms. The van der Waals surface area contributed by atoms with Crippen molar-refractivity contribution in [1.29, 1.82) is 5.26 Å². The third-order valence-corrected chi connectivity index (χ3v) is 4.84. The van der Waals surface area contributed by atoms with Crippen LogP contribution < -0.4 is 0 Å². The fourth-order valence-electron chi connectivity index (χ4n) is 3.21. The fourth-order valence-corrected chi connectivity index (χ4v) is 3.21. The molecule has 0 saturated carbocycles. The minimum absolute atomic E-state index is 0.0811. The van der Waals surface area contributed by atoms with Gasteiger partial charge in [-0.15, -0.1) is 0 Å². The molecule has 0 spiro atoms. The number of amides is 2. The van der Waals surface area contributed by atoms with Gasteiger partial charge < -0.3 is 4.42 Å². The molecule has 2 aromatic rings. The normalized spacial score (nSPS) is 15.6. The largest absolute Gasteiger partial charge is 0.456 e. The highest BCUT2D eigenvalue weighted by molar-refractivity contribution is 6.19. The summed E-state index contributed by atoms with van der Waals surface area (Å²) in [5.74, 6) is -0.523. The number of carbonyl (C=O) groups excluding carboxylic acids is 2. The average Bonchev–Trinajstić information content (AvgIpc) is 3.20. The molecule has 1 aliphatic heterocycles. The van der Waals surface area contributed by atoms with E-state index < -0.39 is 16.7 Å². The summed E-state index contributed by atoms with van der Waals surface area (Å²) < 4.78 is 5.73. The zero-order valence-electron chi connectivity index (χ0n) is 16.5. The highest BCUT2D eigenvalue weighted by atomic mass is 16.6. The Hall–Kier alpha value is -3.99. The molecule has 1 aromatic heterocycles. The van der Waals surface area contributed by atoms with Gasteiger partial charge in [0.25, 0.3) is 17.5 Å². The van der Waals surface area contributed by atoms with Crippen molar-refractivity contribution in [2.75, 3.05) is 6.54 Å². The Morgan fingerprint density at radius 3 is 2.60 bits per heavy atom. The molecule has 152 valence electrons. The molecule has 30 heavy (non-hydrogen) atoms. The van der Waals surface area contributed by atoms with Crippen LogP contribution in [0.2, 0.25) is 0 Å². The highest BCUT2D eigenvalue weighted by Crippen LogP contribution is 2.33. The lowest BCUT2D eigenvalue weighted by Crippen LogP contribution is -2.43. The minimum atomic E-state index is -0.592. The quantitative estimate of drug-likeness (QED) is 0.307. The van der Waals surface area contributed by atoms with Crippen LogP contribution in [-0.4, -0.2) is 28.2 Å². The number of carbonyl (C=O) groups is 2. The number of imide groups is 1. The van der Waals surface area contributed by atoms with Gasteiger partial charge in [0.15, 0.2) is 0 Å². The van der Waals surface area contributed by atoms with E-state index in [-0.39, 0.29) is 40.5 Å². The predicted molar refractivity (Wildman–Crippen MR) is 109 cm³/mol. The average molecular weight is 405 g/mol. The molecule has 2 heterocycles. The van der Waals surface area contributed by atoms with E-state index in [1.807, 2.05) is 13.0 Å². The van der Waals surface area contributed by atoms with Crippen LogP contribution in [0.15, 0.2) is 57.5 Å². The number of unbranched alkanes of at least 4 members (excludes halogenated alkanes) is 1. The van der Waals surface area contributed by atoms with Gasteiger partial charge >= 0.3 is 0 Å². The van der Waals surface area contributed by atoms with Gasteiger partial charge in [-0.3, -0.25) is 24.6 Å². The van der Waals surface area contributed by atoms with Crippen LogP contribution in [0.5, 0.6) is 0 Å². The topological polar surface area (TPSA) is 117 Å². The molecule has 8 nitrogen and oxygen atoms in total. The number of hydrogen-bond acceptors (Lipinski definition) is 6. The molecule has 0 radical (unpaired) electrons. The minimum Gasteiger partial charge on any atom is -0.456 e. The van der Waals surface area contributed by atoms with Gasteiger partial charge in [0.2, 0.25) is 0 Å². The van der Waals surface area contributed by atoms with Crippen molar-refractivity contribution in [2.45, 2.75) is 26.7 Å². The Kier molecular flexibility index (Phi) is 5.93. The van der Waals surface area contributed by atoms with Crippen molar-refractivity contribution in [3.8, 4) is 17.4 Å². The van der Waals surface area contributed by atoms with Crippen molar-refractivity contribution in [1.82, 2.24) is 4.90 Å². The van der Waals surface area contributed by atoms with Crippen LogP contribution >= 0.6 is 0 Å². The standard InChI is InChI=1S/C22H19N3O5/c1-3-4-11-24-21(26)17(14(2)18(13-23)22(24)27)12-15-9-10-20(30-15)16-7-5-6-8-19(16)25(28)29/h5-10,12H,3-4,11H2,1-2H3/b17-12+. The second-order valence-electron chi connectivity index (χ2n) is 6.76. The third-order valence-electron chi connectivity index (χ3n) is 4.84. The number of benzene rings is 1. The fraction of sp³-hybridized carbons (Fsp3) is 0.227. The van der Waals surface area contributed by atoms with Crippen molar-refractivity contribution in [3.05, 3.63) is 69.0 Å². The number of hydrogen-bond donors (Lipinski definition) is 0. The summed E-state index contributed by atoms with van der Waals surface area (Å²) in [4.78, 5) is 37.2. The summed E-state index contributed by atoms with van der Waals surface area (Å²) in [6.45, 7) is 3.71. The molecule has 1 aliphatic rings. The molecule has 0 bridgehead atoms. The number of nitrogens with zero attached hydrogens (tertiary/aromatic N) is 3. The van der Waals surface area contributed by atoms with E-state index in [0.29, 0.717) is 12.0 Å². The lowest BCUT2D eigenvalue weighted by Gasteiger charge is -2.27. The number of furan rings is 1. The van der Waals surface area contributed by atoms with Gasteiger partial charge in [0, 0.05) is 18.2 Å². The van der Waals surface area contributed by atoms with E-state index in [0.717, 1.165) is 11.3 Å². The molecular formula is C22H19N3O5. The molecule has 0 N–H and O–H groups in total. The molecule has 3 rings (SSSR count). The molecule has 0 atom stereocenters. The smallest absolute Gasteiger partial charge is 0.280 e. The van der Waals surface area contributed by atoms with Gasteiger partial charge in [-0.05, 0) is 43.2 Å².